The lowest BCUT2D eigenvalue weighted by molar-refractivity contribution is -0.132. The molecule has 0 radical (unpaired) electrons. The zero-order valence-electron chi connectivity index (χ0n) is 15.0. The summed E-state index contributed by atoms with van der Waals surface area (Å²) < 4.78 is 11.2. The molecule has 0 aromatic heterocycles. The van der Waals surface area contributed by atoms with Gasteiger partial charge in [-0.2, -0.15) is 0 Å². The molecule has 7 heteroatoms. The minimum Gasteiger partial charge on any atom is -0.492 e. The van der Waals surface area contributed by atoms with Gasteiger partial charge in [-0.25, -0.2) is 0 Å². The first-order chi connectivity index (χ1) is 13.0. The number of carbonyl (C=O) groups excluding carboxylic acids is 2. The fraction of sp³-hybridized carbons (Fsp3) is 0.300. The second-order valence-electron chi connectivity index (χ2n) is 6.27. The Morgan fingerprint density at radius 1 is 1.11 bits per heavy atom. The second-order valence-corrected chi connectivity index (χ2v) is 6.71. The SMILES string of the molecule is CN(CCOc1ccc(Cl)cc1)C(=O)COc1ccc2c(c1)CCC(=O)N2. The first kappa shape index (κ1) is 19.0. The minimum atomic E-state index is -0.138. The van der Waals surface area contributed by atoms with Crippen LogP contribution < -0.4 is 14.8 Å². The summed E-state index contributed by atoms with van der Waals surface area (Å²) in [6.07, 6.45) is 1.14. The van der Waals surface area contributed by atoms with Crippen LogP contribution in [0.1, 0.15) is 12.0 Å². The molecule has 1 aliphatic heterocycles. The zero-order valence-corrected chi connectivity index (χ0v) is 15.8. The van der Waals surface area contributed by atoms with Crippen molar-refractivity contribution >= 4 is 29.1 Å². The van der Waals surface area contributed by atoms with Crippen LogP contribution in [0, 0.1) is 0 Å². The van der Waals surface area contributed by atoms with Gasteiger partial charge in [0.25, 0.3) is 5.91 Å². The molecule has 3 rings (SSSR count). The van der Waals surface area contributed by atoms with Crippen molar-refractivity contribution in [1.82, 2.24) is 4.90 Å². The zero-order chi connectivity index (χ0) is 19.2. The number of fused-ring (bicyclic) bond motifs is 1. The highest BCUT2D eigenvalue weighted by Gasteiger charge is 2.16. The van der Waals surface area contributed by atoms with Crippen molar-refractivity contribution in [3.05, 3.63) is 53.1 Å². The Kier molecular flexibility index (Phi) is 6.19. The van der Waals surface area contributed by atoms with Crippen LogP contribution in [-0.4, -0.2) is 43.5 Å². The fourth-order valence-electron chi connectivity index (χ4n) is 2.66. The summed E-state index contributed by atoms with van der Waals surface area (Å²) in [6, 6.07) is 12.5. The Balaban J connectivity index is 1.43. The number of amides is 2. The van der Waals surface area contributed by atoms with Crippen LogP contribution in [0.25, 0.3) is 0 Å². The number of anilines is 1. The van der Waals surface area contributed by atoms with Gasteiger partial charge in [0, 0.05) is 24.2 Å². The highest BCUT2D eigenvalue weighted by molar-refractivity contribution is 6.30. The van der Waals surface area contributed by atoms with Crippen molar-refractivity contribution in [1.29, 1.82) is 0 Å². The summed E-state index contributed by atoms with van der Waals surface area (Å²) in [5, 5.41) is 3.47. The second kappa shape index (κ2) is 8.77. The number of hydrogen-bond donors (Lipinski definition) is 1. The molecule has 2 aromatic rings. The third-order valence-corrected chi connectivity index (χ3v) is 4.52. The summed E-state index contributed by atoms with van der Waals surface area (Å²) in [6.45, 7) is 0.770. The molecule has 0 spiro atoms. The quantitative estimate of drug-likeness (QED) is 0.791. The highest BCUT2D eigenvalue weighted by Crippen LogP contribution is 2.26. The molecular formula is C20H21ClN2O4. The topological polar surface area (TPSA) is 67.9 Å². The Morgan fingerprint density at radius 3 is 2.63 bits per heavy atom. The van der Waals surface area contributed by atoms with E-state index >= 15 is 0 Å². The van der Waals surface area contributed by atoms with Gasteiger partial charge in [-0.3, -0.25) is 9.59 Å². The Hall–Kier alpha value is -2.73. The van der Waals surface area contributed by atoms with E-state index in [1.54, 1.807) is 48.3 Å². The van der Waals surface area contributed by atoms with Crippen LogP contribution in [0.2, 0.25) is 5.02 Å². The third-order valence-electron chi connectivity index (χ3n) is 4.27. The molecule has 6 nitrogen and oxygen atoms in total. The predicted molar refractivity (Wildman–Crippen MR) is 103 cm³/mol. The molecule has 0 atom stereocenters. The van der Waals surface area contributed by atoms with E-state index in [4.69, 9.17) is 21.1 Å². The predicted octanol–water partition coefficient (Wildman–Crippen LogP) is 3.14. The molecule has 0 saturated carbocycles. The molecule has 0 unspecified atom stereocenters. The van der Waals surface area contributed by atoms with Crippen LogP contribution in [0.4, 0.5) is 5.69 Å². The van der Waals surface area contributed by atoms with E-state index in [0.29, 0.717) is 42.5 Å². The Morgan fingerprint density at radius 2 is 1.85 bits per heavy atom. The molecule has 0 bridgehead atoms. The lowest BCUT2D eigenvalue weighted by Crippen LogP contribution is -2.34. The maximum absolute atomic E-state index is 12.2. The van der Waals surface area contributed by atoms with E-state index in [0.717, 1.165) is 11.3 Å². The average Bonchev–Trinajstić information content (AvgIpc) is 2.67. The number of ether oxygens (including phenoxy) is 2. The van der Waals surface area contributed by atoms with Crippen molar-refractivity contribution in [2.75, 3.05) is 32.1 Å². The molecular weight excluding hydrogens is 368 g/mol. The average molecular weight is 389 g/mol. The molecule has 27 heavy (non-hydrogen) atoms. The van der Waals surface area contributed by atoms with Crippen molar-refractivity contribution < 1.29 is 19.1 Å². The minimum absolute atomic E-state index is 0.0220. The van der Waals surface area contributed by atoms with Gasteiger partial charge in [0.1, 0.15) is 18.1 Å². The first-order valence-electron chi connectivity index (χ1n) is 8.69. The van der Waals surface area contributed by atoms with Gasteiger partial charge < -0.3 is 19.7 Å². The van der Waals surface area contributed by atoms with E-state index in [1.807, 2.05) is 6.07 Å². The van der Waals surface area contributed by atoms with E-state index < -0.39 is 0 Å². The summed E-state index contributed by atoms with van der Waals surface area (Å²) >= 11 is 5.83. The van der Waals surface area contributed by atoms with Crippen molar-refractivity contribution in [3.8, 4) is 11.5 Å². The van der Waals surface area contributed by atoms with E-state index in [1.165, 1.54) is 0 Å². The summed E-state index contributed by atoms with van der Waals surface area (Å²) in [5.74, 6) is 1.20. The number of aryl methyl sites for hydroxylation is 1. The molecule has 0 aliphatic carbocycles. The van der Waals surface area contributed by atoms with Crippen molar-refractivity contribution in [2.24, 2.45) is 0 Å². The molecule has 0 saturated heterocycles. The summed E-state index contributed by atoms with van der Waals surface area (Å²) in [5.41, 5.74) is 1.82. The first-order valence-corrected chi connectivity index (χ1v) is 9.07. The number of nitrogens with zero attached hydrogens (tertiary/aromatic N) is 1. The van der Waals surface area contributed by atoms with Crippen LogP contribution >= 0.6 is 11.6 Å². The van der Waals surface area contributed by atoms with Gasteiger partial charge >= 0.3 is 0 Å². The van der Waals surface area contributed by atoms with Gasteiger partial charge in [0.2, 0.25) is 5.91 Å². The largest absolute Gasteiger partial charge is 0.492 e. The molecule has 1 heterocycles. The number of benzene rings is 2. The third kappa shape index (κ3) is 5.37. The fourth-order valence-corrected chi connectivity index (χ4v) is 2.79. The van der Waals surface area contributed by atoms with Crippen LogP contribution in [0.15, 0.2) is 42.5 Å². The number of halogens is 1. The normalized spacial score (nSPS) is 12.7. The van der Waals surface area contributed by atoms with E-state index in [9.17, 15) is 9.59 Å². The summed E-state index contributed by atoms with van der Waals surface area (Å²) in [7, 11) is 1.71. The van der Waals surface area contributed by atoms with Crippen LogP contribution in [-0.2, 0) is 16.0 Å². The molecule has 1 N–H and O–H groups in total. The lowest BCUT2D eigenvalue weighted by Gasteiger charge is -2.19. The van der Waals surface area contributed by atoms with Crippen molar-refractivity contribution in [2.45, 2.75) is 12.8 Å². The molecule has 0 fully saturated rings. The Labute approximate surface area is 163 Å². The van der Waals surface area contributed by atoms with Gasteiger partial charge in [0.15, 0.2) is 6.61 Å². The monoisotopic (exact) mass is 388 g/mol. The number of hydrogen-bond acceptors (Lipinski definition) is 4. The van der Waals surface area contributed by atoms with Crippen LogP contribution in [0.5, 0.6) is 11.5 Å². The smallest absolute Gasteiger partial charge is 0.260 e. The number of likely N-dealkylation sites (N-methyl/N-ethyl adjacent to an activating group) is 1. The van der Waals surface area contributed by atoms with Gasteiger partial charge in [-0.15, -0.1) is 0 Å². The molecule has 142 valence electrons. The van der Waals surface area contributed by atoms with Crippen molar-refractivity contribution in [3.63, 3.8) is 0 Å². The maximum Gasteiger partial charge on any atom is 0.260 e. The Bertz CT molecular complexity index is 823. The van der Waals surface area contributed by atoms with E-state index in [2.05, 4.69) is 5.32 Å². The highest BCUT2D eigenvalue weighted by atomic mass is 35.5. The van der Waals surface area contributed by atoms with Crippen LogP contribution in [0.3, 0.4) is 0 Å². The standard InChI is InChI=1S/C20H21ClN2O4/c1-23(10-11-26-16-5-3-15(21)4-6-16)20(25)13-27-17-7-8-18-14(12-17)2-9-19(24)22-18/h3-8,12H,2,9-11,13H2,1H3,(H,22,24). The number of nitrogens with one attached hydrogen (secondary N) is 1. The number of rotatable bonds is 7. The number of carbonyl (C=O) groups is 2. The van der Waals surface area contributed by atoms with Gasteiger partial charge in [-0.1, -0.05) is 11.6 Å². The lowest BCUT2D eigenvalue weighted by atomic mass is 10.0. The molecule has 2 amide bonds. The van der Waals surface area contributed by atoms with Gasteiger partial charge in [-0.05, 0) is 54.4 Å². The molecule has 2 aromatic carbocycles. The van der Waals surface area contributed by atoms with Gasteiger partial charge in [0.05, 0.1) is 6.54 Å². The summed E-state index contributed by atoms with van der Waals surface area (Å²) in [4.78, 5) is 25.2. The maximum atomic E-state index is 12.2. The molecule has 1 aliphatic rings. The van der Waals surface area contributed by atoms with E-state index in [-0.39, 0.29) is 18.4 Å².